The van der Waals surface area contributed by atoms with Gasteiger partial charge in [-0.2, -0.15) is 0 Å². The summed E-state index contributed by atoms with van der Waals surface area (Å²) >= 11 is 0. The fraction of sp³-hybridized carbons (Fsp3) is 0.200. The van der Waals surface area contributed by atoms with Crippen molar-refractivity contribution in [1.29, 1.82) is 0 Å². The quantitative estimate of drug-likeness (QED) is 0.605. The van der Waals surface area contributed by atoms with E-state index in [4.69, 9.17) is 12.3 Å². The van der Waals surface area contributed by atoms with E-state index in [9.17, 15) is 0 Å². The Bertz CT molecular complexity index is 776. The Kier molecular flexibility index (Phi) is 3.38. The van der Waals surface area contributed by atoms with Crippen LogP contribution in [0.1, 0.15) is 29.0 Å². The Hall–Kier alpha value is -2.22. The number of fused-ring (bicyclic) bond motifs is 1. The summed E-state index contributed by atoms with van der Waals surface area (Å²) in [5, 5.41) is 0. The number of hydrogen-bond donors (Lipinski definition) is 0. The van der Waals surface area contributed by atoms with Crippen LogP contribution in [-0.2, 0) is 6.42 Å². The predicted octanol–water partition coefficient (Wildman–Crippen LogP) is 4.98. The molecule has 106 valence electrons. The van der Waals surface area contributed by atoms with Crippen molar-refractivity contribution in [3.63, 3.8) is 0 Å². The van der Waals surface area contributed by atoms with Crippen LogP contribution in [-0.4, -0.2) is 7.85 Å². The van der Waals surface area contributed by atoms with Gasteiger partial charge in [-0.3, -0.25) is 0 Å². The molecule has 0 aliphatic heterocycles. The third-order valence-electron chi connectivity index (χ3n) is 4.55. The smallest absolute Gasteiger partial charge is 0.133 e. The van der Waals surface area contributed by atoms with Gasteiger partial charge in [0.25, 0.3) is 0 Å². The van der Waals surface area contributed by atoms with E-state index in [1.165, 1.54) is 16.7 Å². The lowest BCUT2D eigenvalue weighted by Gasteiger charge is -2.30. The molecule has 0 saturated heterocycles. The maximum atomic E-state index is 6.29. The number of benzene rings is 2. The third kappa shape index (κ3) is 2.39. The van der Waals surface area contributed by atoms with E-state index in [1.807, 2.05) is 12.1 Å². The highest BCUT2D eigenvalue weighted by Crippen LogP contribution is 2.41. The summed E-state index contributed by atoms with van der Waals surface area (Å²) in [5.41, 5.74) is 5.24. The SMILES string of the molecule is [B][C@@H]1Cc2ccccc2[C@H](c2cccc(-c3ccco3)c2)C1. The summed E-state index contributed by atoms with van der Waals surface area (Å²) in [6.45, 7) is 0. The van der Waals surface area contributed by atoms with Crippen molar-refractivity contribution in [2.75, 3.05) is 0 Å². The van der Waals surface area contributed by atoms with E-state index in [0.717, 1.165) is 24.2 Å². The van der Waals surface area contributed by atoms with Crippen molar-refractivity contribution < 1.29 is 4.42 Å². The van der Waals surface area contributed by atoms with Gasteiger partial charge in [0, 0.05) is 11.5 Å². The van der Waals surface area contributed by atoms with Crippen LogP contribution < -0.4 is 0 Å². The first-order valence-electron chi connectivity index (χ1n) is 7.78. The Labute approximate surface area is 132 Å². The Balaban J connectivity index is 1.78. The zero-order valence-corrected chi connectivity index (χ0v) is 12.4. The average molecular weight is 284 g/mol. The lowest BCUT2D eigenvalue weighted by molar-refractivity contribution is 0.581. The molecule has 2 aromatic carbocycles. The molecule has 0 spiro atoms. The Morgan fingerprint density at radius 3 is 2.73 bits per heavy atom. The van der Waals surface area contributed by atoms with Gasteiger partial charge >= 0.3 is 0 Å². The van der Waals surface area contributed by atoms with Crippen molar-refractivity contribution in [1.82, 2.24) is 0 Å². The Morgan fingerprint density at radius 1 is 0.955 bits per heavy atom. The van der Waals surface area contributed by atoms with Gasteiger partial charge in [0.05, 0.1) is 14.1 Å². The van der Waals surface area contributed by atoms with Gasteiger partial charge in [-0.1, -0.05) is 48.3 Å². The molecule has 2 atom stereocenters. The maximum Gasteiger partial charge on any atom is 0.133 e. The minimum absolute atomic E-state index is 0.229. The van der Waals surface area contributed by atoms with E-state index < -0.39 is 0 Å². The van der Waals surface area contributed by atoms with E-state index >= 15 is 0 Å². The van der Waals surface area contributed by atoms with Crippen molar-refractivity contribution in [3.05, 3.63) is 83.6 Å². The topological polar surface area (TPSA) is 13.1 Å². The zero-order chi connectivity index (χ0) is 14.9. The van der Waals surface area contributed by atoms with Crippen molar-refractivity contribution >= 4 is 7.85 Å². The summed E-state index contributed by atoms with van der Waals surface area (Å²) in [5.74, 6) is 1.51. The van der Waals surface area contributed by atoms with Crippen LogP contribution in [0.3, 0.4) is 0 Å². The molecule has 2 radical (unpaired) electrons. The molecular formula is C20H17BO. The fourth-order valence-electron chi connectivity index (χ4n) is 3.52. The molecule has 1 aliphatic rings. The minimum atomic E-state index is 0.229. The van der Waals surface area contributed by atoms with Crippen molar-refractivity contribution in [3.8, 4) is 11.3 Å². The summed E-state index contributed by atoms with van der Waals surface area (Å²) in [4.78, 5) is 0. The van der Waals surface area contributed by atoms with E-state index in [2.05, 4.69) is 48.5 Å². The highest BCUT2D eigenvalue weighted by atomic mass is 16.3. The molecule has 4 rings (SSSR count). The monoisotopic (exact) mass is 284 g/mol. The van der Waals surface area contributed by atoms with Crippen molar-refractivity contribution in [2.45, 2.75) is 24.6 Å². The lowest BCUT2D eigenvalue weighted by Crippen LogP contribution is -2.16. The molecule has 1 heterocycles. The van der Waals surface area contributed by atoms with Crippen LogP contribution in [0.15, 0.2) is 71.3 Å². The molecule has 0 saturated carbocycles. The molecule has 0 bridgehead atoms. The molecule has 0 fully saturated rings. The third-order valence-corrected chi connectivity index (χ3v) is 4.55. The van der Waals surface area contributed by atoms with Gasteiger partial charge in [0.15, 0.2) is 0 Å². The summed E-state index contributed by atoms with van der Waals surface area (Å²) in [6.07, 6.45) is 3.69. The number of hydrogen-bond acceptors (Lipinski definition) is 1. The van der Waals surface area contributed by atoms with Crippen molar-refractivity contribution in [2.24, 2.45) is 0 Å². The van der Waals surface area contributed by atoms with Gasteiger partial charge in [0.2, 0.25) is 0 Å². The molecule has 1 aliphatic carbocycles. The highest BCUT2D eigenvalue weighted by molar-refractivity contribution is 6.12. The predicted molar refractivity (Wildman–Crippen MR) is 90.3 cm³/mol. The highest BCUT2D eigenvalue weighted by Gasteiger charge is 2.25. The lowest BCUT2D eigenvalue weighted by atomic mass is 9.67. The first-order valence-corrected chi connectivity index (χ1v) is 7.78. The normalized spacial score (nSPS) is 20.5. The van der Waals surface area contributed by atoms with Crippen LogP contribution >= 0.6 is 0 Å². The standard InChI is InChI=1S/C20H17BO/c21-17-12-15-5-1-2-8-18(15)19(13-17)14-6-3-7-16(11-14)20-9-4-10-22-20/h1-11,17,19H,12-13H2/t17-,19+/m1/s1. The second-order valence-electron chi connectivity index (χ2n) is 6.05. The molecule has 0 amide bonds. The fourth-order valence-corrected chi connectivity index (χ4v) is 3.52. The molecule has 0 unspecified atom stereocenters. The van der Waals surface area contributed by atoms with Crippen LogP contribution in [0.25, 0.3) is 11.3 Å². The number of rotatable bonds is 2. The van der Waals surface area contributed by atoms with Gasteiger partial charge in [-0.05, 0) is 47.7 Å². The summed E-state index contributed by atoms with van der Waals surface area (Å²) in [7, 11) is 6.29. The second kappa shape index (κ2) is 5.53. The molecule has 22 heavy (non-hydrogen) atoms. The van der Waals surface area contributed by atoms with E-state index in [0.29, 0.717) is 5.92 Å². The summed E-state index contributed by atoms with van der Waals surface area (Å²) < 4.78 is 5.53. The zero-order valence-electron chi connectivity index (χ0n) is 12.4. The molecule has 1 aromatic heterocycles. The van der Waals surface area contributed by atoms with Crippen LogP contribution in [0, 0.1) is 0 Å². The molecule has 0 N–H and O–H groups in total. The average Bonchev–Trinajstić information content (AvgIpc) is 3.09. The maximum absolute atomic E-state index is 6.29. The van der Waals surface area contributed by atoms with Crippen LogP contribution in [0.5, 0.6) is 0 Å². The Morgan fingerprint density at radius 2 is 1.86 bits per heavy atom. The first kappa shape index (κ1) is 13.4. The van der Waals surface area contributed by atoms with Crippen LogP contribution in [0.2, 0.25) is 5.82 Å². The molecule has 3 aromatic rings. The van der Waals surface area contributed by atoms with Gasteiger partial charge < -0.3 is 4.42 Å². The number of furan rings is 1. The van der Waals surface area contributed by atoms with Crippen LogP contribution in [0.4, 0.5) is 0 Å². The van der Waals surface area contributed by atoms with Gasteiger partial charge in [-0.25, -0.2) is 0 Å². The molecule has 2 heteroatoms. The van der Waals surface area contributed by atoms with Gasteiger partial charge in [0.1, 0.15) is 5.76 Å². The second-order valence-corrected chi connectivity index (χ2v) is 6.05. The largest absolute Gasteiger partial charge is 0.464 e. The van der Waals surface area contributed by atoms with E-state index in [1.54, 1.807) is 6.26 Å². The van der Waals surface area contributed by atoms with E-state index in [-0.39, 0.29) is 5.82 Å². The summed E-state index contributed by atoms with van der Waals surface area (Å²) in [6, 6.07) is 21.2. The molecule has 1 nitrogen and oxygen atoms in total. The molecular weight excluding hydrogens is 267 g/mol. The van der Waals surface area contributed by atoms with Gasteiger partial charge in [-0.15, -0.1) is 0 Å². The minimum Gasteiger partial charge on any atom is -0.464 e. The first-order chi connectivity index (χ1) is 10.8.